The second-order valence-electron chi connectivity index (χ2n) is 4.27. The lowest BCUT2D eigenvalue weighted by Crippen LogP contribution is -2.36. The number of hydrogen-bond acceptors (Lipinski definition) is 4. The Morgan fingerprint density at radius 3 is 3.12 bits per heavy atom. The average molecular weight is 321 g/mol. The molecular weight excluding hydrogens is 305 g/mol. The van der Waals surface area contributed by atoms with Gasteiger partial charge in [0, 0.05) is 19.7 Å². The van der Waals surface area contributed by atoms with E-state index in [1.165, 1.54) is 12.7 Å². The number of aliphatic hydroxyl groups is 1. The van der Waals surface area contributed by atoms with Crippen LogP contribution < -0.4 is 4.90 Å². The molecule has 1 aliphatic heterocycles. The SMILES string of the molecule is OCCC1CCCN(c2ncnc(Cl)c2Br)C1. The molecule has 0 saturated carbocycles. The van der Waals surface area contributed by atoms with Gasteiger partial charge in [0.15, 0.2) is 0 Å². The lowest BCUT2D eigenvalue weighted by molar-refractivity contribution is 0.244. The van der Waals surface area contributed by atoms with Gasteiger partial charge in [0.25, 0.3) is 0 Å². The first-order chi connectivity index (χ1) is 8.22. The van der Waals surface area contributed by atoms with Crippen LogP contribution in [0.2, 0.25) is 5.15 Å². The highest BCUT2D eigenvalue weighted by Gasteiger charge is 2.22. The van der Waals surface area contributed by atoms with Crippen molar-refractivity contribution in [2.45, 2.75) is 19.3 Å². The summed E-state index contributed by atoms with van der Waals surface area (Å²) in [5.74, 6) is 1.39. The molecule has 1 N–H and O–H groups in total. The molecule has 0 aromatic carbocycles. The molecule has 2 rings (SSSR count). The van der Waals surface area contributed by atoms with Crippen LogP contribution in [-0.4, -0.2) is 34.8 Å². The first-order valence-electron chi connectivity index (χ1n) is 5.74. The quantitative estimate of drug-likeness (QED) is 0.869. The number of piperidine rings is 1. The van der Waals surface area contributed by atoms with E-state index in [0.717, 1.165) is 36.2 Å². The minimum absolute atomic E-state index is 0.254. The molecule has 0 spiro atoms. The minimum Gasteiger partial charge on any atom is -0.396 e. The van der Waals surface area contributed by atoms with E-state index in [2.05, 4.69) is 30.8 Å². The second-order valence-corrected chi connectivity index (χ2v) is 5.42. The summed E-state index contributed by atoms with van der Waals surface area (Å²) in [7, 11) is 0. The molecule has 2 heterocycles. The van der Waals surface area contributed by atoms with Crippen LogP contribution in [0, 0.1) is 5.92 Å². The van der Waals surface area contributed by atoms with E-state index >= 15 is 0 Å². The number of halogens is 2. The van der Waals surface area contributed by atoms with E-state index in [-0.39, 0.29) is 6.61 Å². The molecule has 0 radical (unpaired) electrons. The molecule has 17 heavy (non-hydrogen) atoms. The summed E-state index contributed by atoms with van der Waals surface area (Å²) in [6.07, 6.45) is 4.64. The van der Waals surface area contributed by atoms with Gasteiger partial charge in [-0.15, -0.1) is 0 Å². The maximum absolute atomic E-state index is 9.00. The van der Waals surface area contributed by atoms with Crippen LogP contribution in [0.15, 0.2) is 10.8 Å². The molecule has 0 bridgehead atoms. The fourth-order valence-corrected chi connectivity index (χ4v) is 2.82. The Hall–Kier alpha value is -0.390. The molecule has 6 heteroatoms. The van der Waals surface area contributed by atoms with E-state index in [1.807, 2.05) is 0 Å². The molecule has 1 unspecified atom stereocenters. The zero-order chi connectivity index (χ0) is 12.3. The molecule has 1 aromatic heterocycles. The summed E-state index contributed by atoms with van der Waals surface area (Å²) >= 11 is 9.39. The van der Waals surface area contributed by atoms with Crippen molar-refractivity contribution >= 4 is 33.3 Å². The number of hydrogen-bond donors (Lipinski definition) is 1. The summed E-state index contributed by atoms with van der Waals surface area (Å²) in [5, 5.41) is 9.44. The van der Waals surface area contributed by atoms with Crippen LogP contribution in [0.4, 0.5) is 5.82 Å². The van der Waals surface area contributed by atoms with Gasteiger partial charge in [-0.1, -0.05) is 11.6 Å². The Morgan fingerprint density at radius 1 is 1.53 bits per heavy atom. The third-order valence-corrected chi connectivity index (χ3v) is 4.33. The van der Waals surface area contributed by atoms with Gasteiger partial charge in [0.2, 0.25) is 0 Å². The van der Waals surface area contributed by atoms with Gasteiger partial charge in [0.1, 0.15) is 17.3 Å². The zero-order valence-corrected chi connectivity index (χ0v) is 11.8. The predicted molar refractivity (Wildman–Crippen MR) is 71.4 cm³/mol. The van der Waals surface area contributed by atoms with Gasteiger partial charge < -0.3 is 10.0 Å². The molecule has 0 aliphatic carbocycles. The maximum Gasteiger partial charge on any atom is 0.148 e. The Balaban J connectivity index is 2.13. The third kappa shape index (κ3) is 3.09. The monoisotopic (exact) mass is 319 g/mol. The Labute approximate surface area is 114 Å². The van der Waals surface area contributed by atoms with Gasteiger partial charge in [-0.05, 0) is 41.1 Å². The van der Waals surface area contributed by atoms with Crippen molar-refractivity contribution in [3.05, 3.63) is 16.0 Å². The summed E-state index contributed by atoms with van der Waals surface area (Å²) in [6.45, 7) is 2.16. The molecule has 0 amide bonds. The standard InChI is InChI=1S/C11H15BrClN3O/c12-9-10(13)14-7-15-11(9)16-4-1-2-8(6-16)3-5-17/h7-8,17H,1-6H2. The van der Waals surface area contributed by atoms with Crippen LogP contribution in [0.3, 0.4) is 0 Å². The smallest absolute Gasteiger partial charge is 0.148 e. The minimum atomic E-state index is 0.254. The highest BCUT2D eigenvalue weighted by atomic mass is 79.9. The van der Waals surface area contributed by atoms with Crippen molar-refractivity contribution in [3.8, 4) is 0 Å². The number of anilines is 1. The highest BCUT2D eigenvalue weighted by molar-refractivity contribution is 9.10. The van der Waals surface area contributed by atoms with Crippen molar-refractivity contribution < 1.29 is 5.11 Å². The van der Waals surface area contributed by atoms with E-state index in [0.29, 0.717) is 11.1 Å². The predicted octanol–water partition coefficient (Wildman–Crippen LogP) is 2.49. The fourth-order valence-electron chi connectivity index (χ4n) is 2.24. The van der Waals surface area contributed by atoms with Gasteiger partial charge in [0.05, 0.1) is 4.47 Å². The van der Waals surface area contributed by atoms with E-state index in [4.69, 9.17) is 16.7 Å². The van der Waals surface area contributed by atoms with Crippen LogP contribution >= 0.6 is 27.5 Å². The number of aromatic nitrogens is 2. The van der Waals surface area contributed by atoms with Gasteiger partial charge >= 0.3 is 0 Å². The third-order valence-electron chi connectivity index (χ3n) is 3.08. The highest BCUT2D eigenvalue weighted by Crippen LogP contribution is 2.32. The fraction of sp³-hybridized carbons (Fsp3) is 0.636. The molecule has 1 saturated heterocycles. The summed E-state index contributed by atoms with van der Waals surface area (Å²) in [6, 6.07) is 0. The molecule has 1 aliphatic rings. The van der Waals surface area contributed by atoms with Crippen molar-refractivity contribution in [2.24, 2.45) is 5.92 Å². The van der Waals surface area contributed by atoms with Crippen LogP contribution in [-0.2, 0) is 0 Å². The second kappa shape index (κ2) is 5.98. The molecule has 94 valence electrons. The van der Waals surface area contributed by atoms with Gasteiger partial charge in [-0.2, -0.15) is 0 Å². The first kappa shape index (κ1) is 13.1. The molecular formula is C11H15BrClN3O. The largest absolute Gasteiger partial charge is 0.396 e. The number of aliphatic hydroxyl groups excluding tert-OH is 1. The summed E-state index contributed by atoms with van der Waals surface area (Å²) in [5.41, 5.74) is 0. The molecule has 1 atom stereocenters. The average Bonchev–Trinajstić information content (AvgIpc) is 2.33. The van der Waals surface area contributed by atoms with E-state index < -0.39 is 0 Å². The van der Waals surface area contributed by atoms with E-state index in [1.54, 1.807) is 0 Å². The molecule has 1 aromatic rings. The van der Waals surface area contributed by atoms with Crippen LogP contribution in [0.5, 0.6) is 0 Å². The van der Waals surface area contributed by atoms with Crippen molar-refractivity contribution in [2.75, 3.05) is 24.6 Å². The summed E-state index contributed by atoms with van der Waals surface area (Å²) in [4.78, 5) is 10.4. The Bertz CT molecular complexity index is 389. The van der Waals surface area contributed by atoms with E-state index in [9.17, 15) is 0 Å². The van der Waals surface area contributed by atoms with Crippen molar-refractivity contribution in [3.63, 3.8) is 0 Å². The van der Waals surface area contributed by atoms with Crippen LogP contribution in [0.1, 0.15) is 19.3 Å². The first-order valence-corrected chi connectivity index (χ1v) is 6.91. The van der Waals surface area contributed by atoms with Gasteiger partial charge in [-0.25, -0.2) is 9.97 Å². The lowest BCUT2D eigenvalue weighted by atomic mass is 9.95. The topological polar surface area (TPSA) is 49.2 Å². The molecule has 1 fully saturated rings. The Kier molecular flexibility index (Phi) is 4.59. The number of nitrogens with zero attached hydrogens (tertiary/aromatic N) is 3. The van der Waals surface area contributed by atoms with Crippen LogP contribution in [0.25, 0.3) is 0 Å². The zero-order valence-electron chi connectivity index (χ0n) is 9.44. The van der Waals surface area contributed by atoms with Crippen molar-refractivity contribution in [1.82, 2.24) is 9.97 Å². The number of rotatable bonds is 3. The normalized spacial score (nSPS) is 20.6. The van der Waals surface area contributed by atoms with Crippen molar-refractivity contribution in [1.29, 1.82) is 0 Å². The Morgan fingerprint density at radius 2 is 2.35 bits per heavy atom. The molecule has 4 nitrogen and oxygen atoms in total. The maximum atomic E-state index is 9.00. The summed E-state index contributed by atoms with van der Waals surface area (Å²) < 4.78 is 0.756. The van der Waals surface area contributed by atoms with Gasteiger partial charge in [-0.3, -0.25) is 0 Å². The lowest BCUT2D eigenvalue weighted by Gasteiger charge is -2.33.